The van der Waals surface area contributed by atoms with Crippen LogP contribution < -0.4 is 5.32 Å². The Morgan fingerprint density at radius 2 is 1.62 bits per heavy atom. The molecule has 0 radical (unpaired) electrons. The lowest BCUT2D eigenvalue weighted by Gasteiger charge is -2.27. The van der Waals surface area contributed by atoms with Crippen LogP contribution in [0, 0.1) is 0 Å². The Balaban J connectivity index is 2.14. The molecule has 16 heavy (non-hydrogen) atoms. The maximum atomic E-state index is 9.64. The summed E-state index contributed by atoms with van der Waals surface area (Å²) in [6.07, 6.45) is 0. The molecule has 1 fully saturated rings. The third-order valence-corrected chi connectivity index (χ3v) is 2.78. The van der Waals surface area contributed by atoms with Crippen LogP contribution >= 0.6 is 0 Å². The predicted octanol–water partition coefficient (Wildman–Crippen LogP) is 0.209. The molecule has 0 spiro atoms. The molecule has 1 heterocycles. The SMILES string of the molecule is Oc1cc(O)c(CN2CCNCC2)c(O)c1. The first-order chi connectivity index (χ1) is 7.66. The highest BCUT2D eigenvalue weighted by molar-refractivity contribution is 5.48. The molecule has 0 bridgehead atoms. The van der Waals surface area contributed by atoms with Gasteiger partial charge in [0.25, 0.3) is 0 Å². The van der Waals surface area contributed by atoms with Gasteiger partial charge in [0.05, 0.1) is 0 Å². The Morgan fingerprint density at radius 1 is 1.06 bits per heavy atom. The molecule has 5 heteroatoms. The molecule has 0 aromatic heterocycles. The van der Waals surface area contributed by atoms with Gasteiger partial charge in [-0.2, -0.15) is 0 Å². The second-order valence-corrected chi connectivity index (χ2v) is 3.99. The van der Waals surface area contributed by atoms with Crippen LogP contribution in [0.4, 0.5) is 0 Å². The fourth-order valence-electron chi connectivity index (χ4n) is 1.88. The van der Waals surface area contributed by atoms with Gasteiger partial charge in [-0.05, 0) is 0 Å². The summed E-state index contributed by atoms with van der Waals surface area (Å²) in [5, 5.41) is 31.7. The van der Waals surface area contributed by atoms with E-state index in [1.807, 2.05) is 0 Å². The first kappa shape index (κ1) is 11.0. The van der Waals surface area contributed by atoms with Crippen molar-refractivity contribution in [3.8, 4) is 17.2 Å². The third kappa shape index (κ3) is 2.37. The molecule has 1 aromatic carbocycles. The second kappa shape index (κ2) is 4.59. The number of hydrogen-bond donors (Lipinski definition) is 4. The van der Waals surface area contributed by atoms with Gasteiger partial charge in [-0.15, -0.1) is 0 Å². The summed E-state index contributed by atoms with van der Waals surface area (Å²) in [4.78, 5) is 2.14. The van der Waals surface area contributed by atoms with Crippen LogP contribution in [0.1, 0.15) is 5.56 Å². The van der Waals surface area contributed by atoms with Crippen molar-refractivity contribution < 1.29 is 15.3 Å². The summed E-state index contributed by atoms with van der Waals surface area (Å²) in [6.45, 7) is 4.11. The molecule has 1 aliphatic heterocycles. The molecule has 1 saturated heterocycles. The minimum atomic E-state index is -0.126. The monoisotopic (exact) mass is 224 g/mol. The number of nitrogens with zero attached hydrogens (tertiary/aromatic N) is 1. The van der Waals surface area contributed by atoms with Gasteiger partial charge in [-0.25, -0.2) is 0 Å². The number of nitrogens with one attached hydrogen (secondary N) is 1. The predicted molar refractivity (Wildman–Crippen MR) is 59.6 cm³/mol. The Bertz CT molecular complexity index is 352. The summed E-state index contributed by atoms with van der Waals surface area (Å²) < 4.78 is 0. The zero-order valence-electron chi connectivity index (χ0n) is 8.98. The average Bonchev–Trinajstić information content (AvgIpc) is 2.25. The maximum Gasteiger partial charge on any atom is 0.127 e. The molecular formula is C11H16N2O3. The standard InChI is InChI=1S/C11H16N2O3/c14-8-5-10(15)9(11(16)6-8)7-13-3-1-12-2-4-13/h5-6,12,14-16H,1-4,7H2. The van der Waals surface area contributed by atoms with E-state index >= 15 is 0 Å². The van der Waals surface area contributed by atoms with E-state index in [4.69, 9.17) is 0 Å². The van der Waals surface area contributed by atoms with Crippen molar-refractivity contribution in [1.82, 2.24) is 10.2 Å². The number of phenols is 3. The summed E-state index contributed by atoms with van der Waals surface area (Å²) in [5.41, 5.74) is 0.472. The van der Waals surface area contributed by atoms with E-state index in [1.165, 1.54) is 12.1 Å². The number of hydrogen-bond acceptors (Lipinski definition) is 5. The van der Waals surface area contributed by atoms with E-state index in [-0.39, 0.29) is 17.2 Å². The summed E-state index contributed by atoms with van der Waals surface area (Å²) in [6, 6.07) is 2.49. The van der Waals surface area contributed by atoms with Gasteiger partial charge in [-0.1, -0.05) is 0 Å². The highest BCUT2D eigenvalue weighted by Gasteiger charge is 2.15. The van der Waals surface area contributed by atoms with Crippen LogP contribution in [-0.2, 0) is 6.54 Å². The van der Waals surface area contributed by atoms with Crippen molar-refractivity contribution in [1.29, 1.82) is 0 Å². The largest absolute Gasteiger partial charge is 0.508 e. The zero-order valence-corrected chi connectivity index (χ0v) is 8.98. The number of benzene rings is 1. The Labute approximate surface area is 93.9 Å². The lowest BCUT2D eigenvalue weighted by atomic mass is 10.1. The normalized spacial score (nSPS) is 17.5. The number of aromatic hydroxyl groups is 3. The van der Waals surface area contributed by atoms with E-state index in [0.717, 1.165) is 26.2 Å². The number of phenolic OH excluding ortho intramolecular Hbond substituents is 3. The molecule has 4 N–H and O–H groups in total. The first-order valence-electron chi connectivity index (χ1n) is 5.33. The fraction of sp³-hybridized carbons (Fsp3) is 0.455. The highest BCUT2D eigenvalue weighted by atomic mass is 16.3. The molecule has 0 amide bonds. The number of rotatable bonds is 2. The quantitative estimate of drug-likeness (QED) is 0.578. The molecule has 0 atom stereocenters. The molecule has 1 aliphatic rings. The molecule has 1 aromatic rings. The van der Waals surface area contributed by atoms with Crippen LogP contribution in [0.15, 0.2) is 12.1 Å². The molecular weight excluding hydrogens is 208 g/mol. The van der Waals surface area contributed by atoms with Gasteiger partial charge in [0.1, 0.15) is 17.2 Å². The summed E-state index contributed by atoms with van der Waals surface area (Å²) in [5.74, 6) is -0.244. The second-order valence-electron chi connectivity index (χ2n) is 3.99. The van der Waals surface area contributed by atoms with E-state index in [0.29, 0.717) is 12.1 Å². The van der Waals surface area contributed by atoms with E-state index in [9.17, 15) is 15.3 Å². The third-order valence-electron chi connectivity index (χ3n) is 2.78. The highest BCUT2D eigenvalue weighted by Crippen LogP contribution is 2.32. The minimum Gasteiger partial charge on any atom is -0.508 e. The van der Waals surface area contributed by atoms with Crippen molar-refractivity contribution >= 4 is 0 Å². The topological polar surface area (TPSA) is 76.0 Å². The fourth-order valence-corrected chi connectivity index (χ4v) is 1.88. The molecule has 2 rings (SSSR count). The smallest absolute Gasteiger partial charge is 0.127 e. The molecule has 0 aliphatic carbocycles. The minimum absolute atomic E-state index is 0.0592. The lowest BCUT2D eigenvalue weighted by molar-refractivity contribution is 0.227. The van der Waals surface area contributed by atoms with Crippen molar-refractivity contribution in [2.24, 2.45) is 0 Å². The van der Waals surface area contributed by atoms with Crippen molar-refractivity contribution in [2.45, 2.75) is 6.54 Å². The van der Waals surface area contributed by atoms with Gasteiger partial charge >= 0.3 is 0 Å². The van der Waals surface area contributed by atoms with Gasteiger partial charge in [0, 0.05) is 50.4 Å². The van der Waals surface area contributed by atoms with Crippen LogP contribution in [0.5, 0.6) is 17.2 Å². The first-order valence-corrected chi connectivity index (χ1v) is 5.33. The van der Waals surface area contributed by atoms with E-state index < -0.39 is 0 Å². The zero-order chi connectivity index (χ0) is 11.5. The summed E-state index contributed by atoms with van der Waals surface area (Å²) >= 11 is 0. The van der Waals surface area contributed by atoms with E-state index in [1.54, 1.807) is 0 Å². The lowest BCUT2D eigenvalue weighted by Crippen LogP contribution is -2.42. The van der Waals surface area contributed by atoms with Gasteiger partial charge in [0.2, 0.25) is 0 Å². The Kier molecular flexibility index (Phi) is 3.17. The number of piperazine rings is 1. The van der Waals surface area contributed by atoms with E-state index in [2.05, 4.69) is 10.2 Å². The van der Waals surface area contributed by atoms with Crippen LogP contribution in [0.2, 0.25) is 0 Å². The van der Waals surface area contributed by atoms with Crippen molar-refractivity contribution in [3.05, 3.63) is 17.7 Å². The van der Waals surface area contributed by atoms with Crippen LogP contribution in [0.25, 0.3) is 0 Å². The van der Waals surface area contributed by atoms with Crippen LogP contribution in [-0.4, -0.2) is 46.4 Å². The van der Waals surface area contributed by atoms with Crippen molar-refractivity contribution in [3.63, 3.8) is 0 Å². The Morgan fingerprint density at radius 3 is 2.19 bits per heavy atom. The maximum absolute atomic E-state index is 9.64. The van der Waals surface area contributed by atoms with Gasteiger partial charge in [0.15, 0.2) is 0 Å². The van der Waals surface area contributed by atoms with Gasteiger partial charge in [-0.3, -0.25) is 4.90 Å². The van der Waals surface area contributed by atoms with Crippen molar-refractivity contribution in [2.75, 3.05) is 26.2 Å². The molecule has 0 unspecified atom stereocenters. The molecule has 5 nitrogen and oxygen atoms in total. The molecule has 0 saturated carbocycles. The van der Waals surface area contributed by atoms with Gasteiger partial charge < -0.3 is 20.6 Å². The average molecular weight is 224 g/mol. The Hall–Kier alpha value is -1.46. The van der Waals surface area contributed by atoms with Crippen LogP contribution in [0.3, 0.4) is 0 Å². The summed E-state index contributed by atoms with van der Waals surface area (Å²) in [7, 11) is 0. The molecule has 88 valence electrons.